The summed E-state index contributed by atoms with van der Waals surface area (Å²) >= 11 is 3.41. The third kappa shape index (κ3) is 5.37. The van der Waals surface area contributed by atoms with Crippen molar-refractivity contribution >= 4 is 23.1 Å². The van der Waals surface area contributed by atoms with Crippen molar-refractivity contribution in [1.29, 1.82) is 0 Å². The lowest BCUT2D eigenvalue weighted by Crippen LogP contribution is -2.32. The van der Waals surface area contributed by atoms with E-state index in [-0.39, 0.29) is 5.41 Å². The third-order valence-corrected chi connectivity index (χ3v) is 8.60. The second-order valence-electron chi connectivity index (χ2n) is 10.2. The van der Waals surface area contributed by atoms with Crippen LogP contribution in [0.3, 0.4) is 0 Å². The van der Waals surface area contributed by atoms with E-state index < -0.39 is 0 Å². The number of hydrogen-bond acceptors (Lipinski definition) is 6. The molecule has 1 aliphatic rings. The molecule has 5 rings (SSSR count). The Bertz CT molecular complexity index is 1290. The van der Waals surface area contributed by atoms with Crippen molar-refractivity contribution in [2.45, 2.75) is 50.7 Å². The molecule has 2 aromatic carbocycles. The minimum Gasteiger partial charge on any atom is -0.304 e. The minimum absolute atomic E-state index is 0.198. The van der Waals surface area contributed by atoms with E-state index in [1.807, 2.05) is 23.7 Å². The molecule has 7 heteroatoms. The van der Waals surface area contributed by atoms with Gasteiger partial charge in [0.1, 0.15) is 0 Å². The number of aromatic nitrogens is 4. The number of fused-ring (bicyclic) bond motifs is 1. The Balaban J connectivity index is 1.18. The first kappa shape index (κ1) is 24.2. The fourth-order valence-electron chi connectivity index (χ4n) is 4.57. The van der Waals surface area contributed by atoms with E-state index in [0.29, 0.717) is 0 Å². The summed E-state index contributed by atoms with van der Waals surface area (Å²) in [5.41, 5.74) is 8.63. The molecule has 0 fully saturated rings. The van der Waals surface area contributed by atoms with Crippen LogP contribution in [0.15, 0.2) is 59.2 Å². The highest BCUT2D eigenvalue weighted by Crippen LogP contribution is 2.34. The van der Waals surface area contributed by atoms with Gasteiger partial charge in [0.15, 0.2) is 11.0 Å². The molecule has 0 amide bonds. The summed E-state index contributed by atoms with van der Waals surface area (Å²) in [5, 5.41) is 9.98. The van der Waals surface area contributed by atoms with Gasteiger partial charge in [-0.05, 0) is 41.5 Å². The van der Waals surface area contributed by atoms with Crippen LogP contribution in [0.1, 0.15) is 43.9 Å². The Labute approximate surface area is 216 Å². The van der Waals surface area contributed by atoms with E-state index in [0.717, 1.165) is 65.3 Å². The molecular weight excluding hydrogens is 470 g/mol. The highest BCUT2D eigenvalue weighted by Gasteiger charge is 2.21. The molecule has 0 unspecified atom stereocenters. The predicted octanol–water partition coefficient (Wildman–Crippen LogP) is 6.44. The first-order valence-corrected chi connectivity index (χ1v) is 14.1. The molecule has 1 aliphatic heterocycles. The van der Waals surface area contributed by atoms with E-state index in [2.05, 4.69) is 82.8 Å². The predicted molar refractivity (Wildman–Crippen MR) is 147 cm³/mol. The van der Waals surface area contributed by atoms with Gasteiger partial charge >= 0.3 is 0 Å². The van der Waals surface area contributed by atoms with Crippen molar-refractivity contribution < 1.29 is 0 Å². The summed E-state index contributed by atoms with van der Waals surface area (Å²) < 4.78 is 2.11. The van der Waals surface area contributed by atoms with Crippen LogP contribution in [0.5, 0.6) is 0 Å². The number of benzene rings is 2. The van der Waals surface area contributed by atoms with Crippen LogP contribution in [0.4, 0.5) is 0 Å². The molecule has 3 heterocycles. The molecule has 0 radical (unpaired) electrons. The lowest BCUT2D eigenvalue weighted by atomic mass is 9.84. The fraction of sp³-hybridized carbons (Fsp3) is 0.393. The van der Waals surface area contributed by atoms with Gasteiger partial charge in [0.2, 0.25) is 0 Å². The normalized spacial score (nSPS) is 14.3. The van der Waals surface area contributed by atoms with Crippen LogP contribution in [-0.4, -0.2) is 43.5 Å². The van der Waals surface area contributed by atoms with Crippen molar-refractivity contribution in [2.75, 3.05) is 18.8 Å². The molecule has 182 valence electrons. The molecule has 4 aromatic rings. The van der Waals surface area contributed by atoms with Gasteiger partial charge in [-0.25, -0.2) is 4.98 Å². The largest absolute Gasteiger partial charge is 0.304 e. The van der Waals surface area contributed by atoms with Gasteiger partial charge < -0.3 is 4.57 Å². The van der Waals surface area contributed by atoms with Crippen molar-refractivity contribution in [3.8, 4) is 22.0 Å². The van der Waals surface area contributed by atoms with Gasteiger partial charge in [-0.1, -0.05) is 81.1 Å². The Kier molecular flexibility index (Phi) is 7.09. The molecule has 0 atom stereocenters. The first-order valence-electron chi connectivity index (χ1n) is 12.3. The summed E-state index contributed by atoms with van der Waals surface area (Å²) in [6, 6.07) is 17.4. The zero-order valence-electron chi connectivity index (χ0n) is 21.0. The van der Waals surface area contributed by atoms with Crippen LogP contribution >= 0.6 is 23.1 Å². The Morgan fingerprint density at radius 2 is 1.86 bits per heavy atom. The minimum atomic E-state index is 0.198. The van der Waals surface area contributed by atoms with Crippen molar-refractivity contribution in [3.05, 3.63) is 70.7 Å². The Morgan fingerprint density at radius 3 is 2.66 bits per heavy atom. The lowest BCUT2D eigenvalue weighted by molar-refractivity contribution is 0.255. The topological polar surface area (TPSA) is 46.8 Å². The SMILES string of the molecule is Cn1c(SCCCN2CCc3ccc(C(C)(C)C)cc3C2)nnc1-c1scnc1-c1ccccc1. The quantitative estimate of drug-likeness (QED) is 0.214. The van der Waals surface area contributed by atoms with E-state index in [4.69, 9.17) is 0 Å². The maximum Gasteiger partial charge on any atom is 0.191 e. The van der Waals surface area contributed by atoms with Crippen molar-refractivity contribution in [1.82, 2.24) is 24.6 Å². The zero-order valence-corrected chi connectivity index (χ0v) is 22.6. The van der Waals surface area contributed by atoms with E-state index in [1.165, 1.54) is 16.7 Å². The molecule has 0 bridgehead atoms. The highest BCUT2D eigenvalue weighted by atomic mass is 32.2. The maximum absolute atomic E-state index is 4.60. The summed E-state index contributed by atoms with van der Waals surface area (Å²) in [5.74, 6) is 1.92. The van der Waals surface area contributed by atoms with Crippen LogP contribution in [0.25, 0.3) is 22.0 Å². The van der Waals surface area contributed by atoms with Crippen LogP contribution in [-0.2, 0) is 25.4 Å². The highest BCUT2D eigenvalue weighted by molar-refractivity contribution is 7.99. The van der Waals surface area contributed by atoms with Gasteiger partial charge in [-0.15, -0.1) is 21.5 Å². The number of rotatable bonds is 7. The molecule has 5 nitrogen and oxygen atoms in total. The summed E-state index contributed by atoms with van der Waals surface area (Å²) in [6.07, 6.45) is 2.29. The Hall–Kier alpha value is -2.48. The Morgan fingerprint density at radius 1 is 1.03 bits per heavy atom. The summed E-state index contributed by atoms with van der Waals surface area (Å²) in [7, 11) is 2.06. The number of nitrogens with zero attached hydrogens (tertiary/aromatic N) is 5. The first-order chi connectivity index (χ1) is 16.9. The molecule has 35 heavy (non-hydrogen) atoms. The smallest absolute Gasteiger partial charge is 0.191 e. The van der Waals surface area contributed by atoms with E-state index >= 15 is 0 Å². The van der Waals surface area contributed by atoms with Crippen LogP contribution in [0.2, 0.25) is 0 Å². The van der Waals surface area contributed by atoms with Gasteiger partial charge in [-0.3, -0.25) is 4.90 Å². The second kappa shape index (κ2) is 10.2. The van der Waals surface area contributed by atoms with Crippen molar-refractivity contribution in [3.63, 3.8) is 0 Å². The molecular formula is C28H33N5S2. The van der Waals surface area contributed by atoms with Gasteiger partial charge in [-0.2, -0.15) is 0 Å². The maximum atomic E-state index is 4.60. The van der Waals surface area contributed by atoms with E-state index in [9.17, 15) is 0 Å². The molecule has 0 N–H and O–H groups in total. The van der Waals surface area contributed by atoms with E-state index in [1.54, 1.807) is 23.1 Å². The summed E-state index contributed by atoms with van der Waals surface area (Å²) in [6.45, 7) is 10.2. The molecule has 0 saturated carbocycles. The van der Waals surface area contributed by atoms with Gasteiger partial charge in [0.05, 0.1) is 16.1 Å². The van der Waals surface area contributed by atoms with Crippen molar-refractivity contribution in [2.24, 2.45) is 7.05 Å². The monoisotopic (exact) mass is 503 g/mol. The third-order valence-electron chi connectivity index (χ3n) is 6.67. The molecule has 0 spiro atoms. The lowest BCUT2D eigenvalue weighted by Gasteiger charge is -2.30. The average Bonchev–Trinajstić information content (AvgIpc) is 3.48. The van der Waals surface area contributed by atoms with Crippen LogP contribution in [0, 0.1) is 0 Å². The average molecular weight is 504 g/mol. The number of hydrogen-bond donors (Lipinski definition) is 0. The number of thiazole rings is 1. The molecule has 0 aliphatic carbocycles. The zero-order chi connectivity index (χ0) is 24.4. The van der Waals surface area contributed by atoms with Crippen LogP contribution < -0.4 is 0 Å². The molecule has 2 aromatic heterocycles. The molecule has 0 saturated heterocycles. The summed E-state index contributed by atoms with van der Waals surface area (Å²) in [4.78, 5) is 8.27. The standard InChI is InChI=1S/C28H33N5S2/c1-28(2,3)23-12-11-20-13-15-33(18-22(20)17-23)14-8-16-34-27-31-30-26(32(27)4)25-24(29-19-35-25)21-9-6-5-7-10-21/h5-7,9-12,17,19H,8,13-16,18H2,1-4H3. The second-order valence-corrected chi connectivity index (χ2v) is 12.1. The van der Waals surface area contributed by atoms with Gasteiger partial charge in [0.25, 0.3) is 0 Å². The number of thioether (sulfide) groups is 1. The van der Waals surface area contributed by atoms with Gasteiger partial charge in [0, 0.05) is 31.5 Å². The fourth-order valence-corrected chi connectivity index (χ4v) is 6.23.